The smallest absolute Gasteiger partial charge is 0.222 e. The van der Waals surface area contributed by atoms with Crippen molar-refractivity contribution < 1.29 is 4.79 Å². The molecule has 0 spiro atoms. The third-order valence-electron chi connectivity index (χ3n) is 3.07. The molecule has 2 nitrogen and oxygen atoms in total. The summed E-state index contributed by atoms with van der Waals surface area (Å²) < 4.78 is 0. The Labute approximate surface area is 95.0 Å². The maximum atomic E-state index is 11.7. The van der Waals surface area contributed by atoms with Gasteiger partial charge in [0, 0.05) is 19.0 Å². The standard InChI is InChI=1S/C11H21NO.C2H6/c1-9(2)10(3)12-8-6-4-5-7-11(12)13;1-2/h9-10H,4-8H2,1-3H3;1-2H3. The van der Waals surface area contributed by atoms with Crippen molar-refractivity contribution in [2.24, 2.45) is 5.92 Å². The molecule has 0 aliphatic carbocycles. The molecule has 0 aromatic heterocycles. The van der Waals surface area contributed by atoms with Gasteiger partial charge in [0.05, 0.1) is 0 Å². The number of carbonyl (C=O) groups excluding carboxylic acids is 1. The molecule has 1 rings (SSSR count). The van der Waals surface area contributed by atoms with E-state index in [0.717, 1.165) is 19.4 Å². The van der Waals surface area contributed by atoms with Crippen LogP contribution in [0.25, 0.3) is 0 Å². The molecule has 0 radical (unpaired) electrons. The molecule has 1 atom stereocenters. The highest BCUT2D eigenvalue weighted by Gasteiger charge is 2.23. The summed E-state index contributed by atoms with van der Waals surface area (Å²) in [6, 6.07) is 0.408. The second-order valence-corrected chi connectivity index (χ2v) is 4.38. The van der Waals surface area contributed by atoms with Crippen LogP contribution in [0.4, 0.5) is 0 Å². The lowest BCUT2D eigenvalue weighted by Crippen LogP contribution is -2.41. The van der Waals surface area contributed by atoms with Crippen molar-refractivity contribution in [3.05, 3.63) is 0 Å². The van der Waals surface area contributed by atoms with E-state index in [1.54, 1.807) is 0 Å². The lowest BCUT2D eigenvalue weighted by atomic mass is 10.0. The first-order valence-corrected chi connectivity index (χ1v) is 6.42. The molecule has 0 saturated carbocycles. The number of carbonyl (C=O) groups is 1. The van der Waals surface area contributed by atoms with Crippen LogP contribution in [0.5, 0.6) is 0 Å². The van der Waals surface area contributed by atoms with Crippen molar-refractivity contribution in [3.8, 4) is 0 Å². The third kappa shape index (κ3) is 4.67. The van der Waals surface area contributed by atoms with Gasteiger partial charge in [-0.3, -0.25) is 4.79 Å². The van der Waals surface area contributed by atoms with Crippen molar-refractivity contribution in [1.82, 2.24) is 4.90 Å². The molecule has 1 aliphatic heterocycles. The number of hydrogen-bond donors (Lipinski definition) is 0. The van der Waals surface area contributed by atoms with E-state index in [-0.39, 0.29) is 0 Å². The lowest BCUT2D eigenvalue weighted by Gasteiger charge is -2.30. The predicted octanol–water partition coefficient (Wildman–Crippen LogP) is 3.46. The van der Waals surface area contributed by atoms with Gasteiger partial charge in [0.25, 0.3) is 0 Å². The molecule has 0 bridgehead atoms. The summed E-state index contributed by atoms with van der Waals surface area (Å²) in [5, 5.41) is 0. The minimum Gasteiger partial charge on any atom is -0.340 e. The summed E-state index contributed by atoms with van der Waals surface area (Å²) >= 11 is 0. The van der Waals surface area contributed by atoms with Crippen molar-refractivity contribution in [2.45, 2.75) is 66.3 Å². The van der Waals surface area contributed by atoms with E-state index < -0.39 is 0 Å². The van der Waals surface area contributed by atoms with Crippen molar-refractivity contribution in [3.63, 3.8) is 0 Å². The zero-order valence-corrected chi connectivity index (χ0v) is 11.0. The predicted molar refractivity (Wildman–Crippen MR) is 65.8 cm³/mol. The van der Waals surface area contributed by atoms with Gasteiger partial charge in [-0.15, -0.1) is 0 Å². The van der Waals surface area contributed by atoms with Gasteiger partial charge in [-0.1, -0.05) is 34.1 Å². The van der Waals surface area contributed by atoms with Crippen LogP contribution in [0.3, 0.4) is 0 Å². The number of likely N-dealkylation sites (tertiary alicyclic amines) is 1. The summed E-state index contributed by atoms with van der Waals surface area (Å²) in [5.74, 6) is 0.931. The van der Waals surface area contributed by atoms with Gasteiger partial charge in [-0.25, -0.2) is 0 Å². The average molecular weight is 213 g/mol. The Hall–Kier alpha value is -0.530. The van der Waals surface area contributed by atoms with Crippen molar-refractivity contribution in [1.29, 1.82) is 0 Å². The molecule has 15 heavy (non-hydrogen) atoms. The van der Waals surface area contributed by atoms with Crippen LogP contribution < -0.4 is 0 Å². The van der Waals surface area contributed by atoms with Gasteiger partial charge >= 0.3 is 0 Å². The number of hydrogen-bond acceptors (Lipinski definition) is 1. The van der Waals surface area contributed by atoms with Crippen LogP contribution in [0, 0.1) is 5.92 Å². The molecule has 1 fully saturated rings. The van der Waals surface area contributed by atoms with Crippen molar-refractivity contribution in [2.75, 3.05) is 6.54 Å². The molecule has 90 valence electrons. The van der Waals surface area contributed by atoms with E-state index in [0.29, 0.717) is 17.9 Å². The van der Waals surface area contributed by atoms with Gasteiger partial charge in [0.15, 0.2) is 0 Å². The monoisotopic (exact) mass is 213 g/mol. The van der Waals surface area contributed by atoms with E-state index >= 15 is 0 Å². The molecule has 0 N–H and O–H groups in total. The maximum absolute atomic E-state index is 11.7. The SMILES string of the molecule is CC.CC(C)C(C)N1CCCCCC1=O. The largest absolute Gasteiger partial charge is 0.340 e. The highest BCUT2D eigenvalue weighted by atomic mass is 16.2. The molecular weight excluding hydrogens is 186 g/mol. The third-order valence-corrected chi connectivity index (χ3v) is 3.07. The van der Waals surface area contributed by atoms with E-state index in [4.69, 9.17) is 0 Å². The summed E-state index contributed by atoms with van der Waals surface area (Å²) in [6.07, 6.45) is 4.24. The van der Waals surface area contributed by atoms with Gasteiger partial charge in [-0.05, 0) is 25.7 Å². The van der Waals surface area contributed by atoms with E-state index in [9.17, 15) is 4.79 Å². The van der Waals surface area contributed by atoms with Crippen LogP contribution in [0.2, 0.25) is 0 Å². The first-order valence-electron chi connectivity index (χ1n) is 6.42. The highest BCUT2D eigenvalue weighted by molar-refractivity contribution is 5.76. The first kappa shape index (κ1) is 14.5. The number of nitrogens with zero attached hydrogens (tertiary/aromatic N) is 1. The molecular formula is C13H27NO. The number of amides is 1. The molecule has 1 saturated heterocycles. The van der Waals surface area contributed by atoms with Gasteiger partial charge in [-0.2, -0.15) is 0 Å². The topological polar surface area (TPSA) is 20.3 Å². The minimum atomic E-state index is 0.360. The summed E-state index contributed by atoms with van der Waals surface area (Å²) in [5.41, 5.74) is 0. The fourth-order valence-corrected chi connectivity index (χ4v) is 1.79. The second kappa shape index (κ2) is 7.72. The highest BCUT2D eigenvalue weighted by Crippen LogP contribution is 2.17. The zero-order chi connectivity index (χ0) is 11.8. The molecule has 0 aromatic rings. The fraction of sp³-hybridized carbons (Fsp3) is 0.923. The summed E-state index contributed by atoms with van der Waals surface area (Å²) in [4.78, 5) is 13.8. The Kier molecular flexibility index (Phi) is 7.45. The van der Waals surface area contributed by atoms with Gasteiger partial charge in [0.1, 0.15) is 0 Å². The van der Waals surface area contributed by atoms with E-state index in [1.807, 2.05) is 13.8 Å². The van der Waals surface area contributed by atoms with Crippen LogP contribution in [-0.2, 0) is 4.79 Å². The molecule has 1 heterocycles. The Morgan fingerprint density at radius 3 is 2.20 bits per heavy atom. The van der Waals surface area contributed by atoms with E-state index in [1.165, 1.54) is 12.8 Å². The second-order valence-electron chi connectivity index (χ2n) is 4.38. The Bertz CT molecular complexity index is 177. The first-order chi connectivity index (χ1) is 7.13. The Balaban J connectivity index is 0.000000921. The quantitative estimate of drug-likeness (QED) is 0.688. The average Bonchev–Trinajstić information content (AvgIpc) is 2.45. The molecule has 2 heteroatoms. The fourth-order valence-electron chi connectivity index (χ4n) is 1.79. The Morgan fingerprint density at radius 1 is 1.07 bits per heavy atom. The normalized spacial score (nSPS) is 19.3. The molecule has 1 unspecified atom stereocenters. The van der Waals surface area contributed by atoms with Crippen LogP contribution in [0.1, 0.15) is 60.3 Å². The lowest BCUT2D eigenvalue weighted by molar-refractivity contribution is -0.133. The molecule has 1 aliphatic rings. The number of rotatable bonds is 2. The summed E-state index contributed by atoms with van der Waals surface area (Å²) in [6.45, 7) is 11.5. The maximum Gasteiger partial charge on any atom is 0.222 e. The van der Waals surface area contributed by atoms with Gasteiger partial charge in [0.2, 0.25) is 5.91 Å². The van der Waals surface area contributed by atoms with Crippen molar-refractivity contribution >= 4 is 5.91 Å². The molecule has 1 amide bonds. The Morgan fingerprint density at radius 2 is 1.67 bits per heavy atom. The van der Waals surface area contributed by atoms with Gasteiger partial charge < -0.3 is 4.90 Å². The van der Waals surface area contributed by atoms with Crippen LogP contribution in [-0.4, -0.2) is 23.4 Å². The van der Waals surface area contributed by atoms with E-state index in [2.05, 4.69) is 25.7 Å². The minimum absolute atomic E-state index is 0.360. The molecule has 0 aromatic carbocycles. The van der Waals surface area contributed by atoms with Crippen LogP contribution >= 0.6 is 0 Å². The zero-order valence-electron chi connectivity index (χ0n) is 11.0. The summed E-state index contributed by atoms with van der Waals surface area (Å²) in [7, 11) is 0. The van der Waals surface area contributed by atoms with Crippen LogP contribution in [0.15, 0.2) is 0 Å².